The Morgan fingerprint density at radius 2 is 1.88 bits per heavy atom. The predicted octanol–water partition coefficient (Wildman–Crippen LogP) is 0.762. The number of nitrogens with zero attached hydrogens (tertiary/aromatic N) is 1. The van der Waals surface area contributed by atoms with Crippen molar-refractivity contribution < 1.29 is 43.8 Å². The molecule has 3 heterocycles. The lowest BCUT2D eigenvalue weighted by atomic mass is 9.74. The molecule has 3 N–H and O–H groups in total. The van der Waals surface area contributed by atoms with Crippen LogP contribution in [0, 0.1) is 5.92 Å². The van der Waals surface area contributed by atoms with Gasteiger partial charge in [-0.25, -0.2) is 4.79 Å². The van der Waals surface area contributed by atoms with Crippen LogP contribution in [-0.2, 0) is 30.3 Å². The number of benzene rings is 1. The van der Waals surface area contributed by atoms with Crippen molar-refractivity contribution in [2.45, 2.75) is 87.5 Å². The van der Waals surface area contributed by atoms with Gasteiger partial charge in [0.05, 0.1) is 31.0 Å². The molecule has 1 spiro atoms. The second kappa shape index (κ2) is 8.70. The van der Waals surface area contributed by atoms with E-state index in [1.54, 1.807) is 0 Å². The molecule has 1 aromatic carbocycles. The minimum absolute atomic E-state index is 0.0623. The van der Waals surface area contributed by atoms with Crippen LogP contribution in [0.2, 0.25) is 0 Å². The number of carbonyl (C=O) groups is 1. The Labute approximate surface area is 198 Å². The third-order valence-electron chi connectivity index (χ3n) is 7.67. The number of epoxide rings is 1. The molecule has 1 aromatic rings. The number of amides is 1. The number of aliphatic hydroxyl groups excluding tert-OH is 2. The average molecular weight is 480 g/mol. The molecule has 10 nitrogen and oxygen atoms in total. The van der Waals surface area contributed by atoms with Crippen LogP contribution < -0.4 is 0 Å². The van der Waals surface area contributed by atoms with E-state index in [1.165, 1.54) is 11.9 Å². The first-order valence-electron chi connectivity index (χ1n) is 11.9. The Bertz CT molecular complexity index is 896. The first kappa shape index (κ1) is 23.9. The van der Waals surface area contributed by atoms with Crippen LogP contribution in [0.5, 0.6) is 0 Å². The van der Waals surface area contributed by atoms with Gasteiger partial charge in [0, 0.05) is 19.4 Å². The lowest BCUT2D eigenvalue weighted by Crippen LogP contribution is -2.77. The Kier molecular flexibility index (Phi) is 6.12. The van der Waals surface area contributed by atoms with Crippen LogP contribution in [0.25, 0.3) is 0 Å². The highest BCUT2D eigenvalue weighted by atomic mass is 16.8. The molecule has 3 unspecified atom stereocenters. The van der Waals surface area contributed by atoms with Gasteiger partial charge in [-0.2, -0.15) is 0 Å². The SMILES string of the molecule is CC[C@@H]1[C@H](O)[C@H](N(C)C(=O)OCc2ccccc2)C2O[C@]3(O)C(OC2[C@H]1O)O[C@H](C)C[C@@]31CO1. The summed E-state index contributed by atoms with van der Waals surface area (Å²) in [5.41, 5.74) is -0.168. The van der Waals surface area contributed by atoms with E-state index in [2.05, 4.69) is 0 Å². The van der Waals surface area contributed by atoms with Crippen LogP contribution in [0.1, 0.15) is 32.3 Å². The average Bonchev–Trinajstić information content (AvgIpc) is 3.59. The number of likely N-dealkylation sites (N-methyl/N-ethyl adjacent to an activating group) is 1. The van der Waals surface area contributed by atoms with E-state index in [4.69, 9.17) is 23.7 Å². The maximum atomic E-state index is 13.0. The topological polar surface area (TPSA) is 130 Å². The summed E-state index contributed by atoms with van der Waals surface area (Å²) in [5, 5.41) is 33.8. The van der Waals surface area contributed by atoms with Gasteiger partial charge in [0.1, 0.15) is 18.8 Å². The van der Waals surface area contributed by atoms with Crippen molar-refractivity contribution in [1.82, 2.24) is 4.90 Å². The number of hydrogen-bond donors (Lipinski definition) is 3. The van der Waals surface area contributed by atoms with Crippen molar-refractivity contribution >= 4 is 6.09 Å². The maximum Gasteiger partial charge on any atom is 0.410 e. The Morgan fingerprint density at radius 3 is 2.53 bits per heavy atom. The molecular formula is C24H33NO9. The zero-order valence-corrected chi connectivity index (χ0v) is 19.6. The minimum Gasteiger partial charge on any atom is -0.445 e. The van der Waals surface area contributed by atoms with E-state index in [1.807, 2.05) is 44.2 Å². The molecule has 1 saturated carbocycles. The quantitative estimate of drug-likeness (QED) is 0.536. The molecule has 34 heavy (non-hydrogen) atoms. The summed E-state index contributed by atoms with van der Waals surface area (Å²) in [4.78, 5) is 14.2. The van der Waals surface area contributed by atoms with Crippen molar-refractivity contribution in [3.63, 3.8) is 0 Å². The van der Waals surface area contributed by atoms with Gasteiger partial charge in [-0.05, 0) is 18.9 Å². The van der Waals surface area contributed by atoms with Gasteiger partial charge < -0.3 is 43.9 Å². The second-order valence-corrected chi connectivity index (χ2v) is 9.84. The van der Waals surface area contributed by atoms with Crippen molar-refractivity contribution in [3.05, 3.63) is 35.9 Å². The molecule has 3 aliphatic heterocycles. The van der Waals surface area contributed by atoms with Crippen molar-refractivity contribution in [2.24, 2.45) is 5.92 Å². The summed E-state index contributed by atoms with van der Waals surface area (Å²) in [6.45, 7) is 4.03. The molecule has 5 rings (SSSR count). The normalized spacial score (nSPS) is 45.2. The highest BCUT2D eigenvalue weighted by Crippen LogP contribution is 2.54. The number of fused-ring (bicyclic) bond motifs is 3. The monoisotopic (exact) mass is 479 g/mol. The van der Waals surface area contributed by atoms with E-state index in [9.17, 15) is 20.1 Å². The molecule has 4 aliphatic rings. The Morgan fingerprint density at radius 1 is 1.18 bits per heavy atom. The molecule has 10 atom stereocenters. The van der Waals surface area contributed by atoms with Crippen molar-refractivity contribution in [3.8, 4) is 0 Å². The molecule has 10 heteroatoms. The molecule has 3 saturated heterocycles. The Hall–Kier alpha value is -1.79. The molecule has 0 radical (unpaired) electrons. The van der Waals surface area contributed by atoms with Gasteiger partial charge >= 0.3 is 6.09 Å². The molecule has 0 bridgehead atoms. The number of aliphatic hydroxyl groups is 3. The van der Waals surface area contributed by atoms with E-state index >= 15 is 0 Å². The lowest BCUT2D eigenvalue weighted by molar-refractivity contribution is -0.462. The number of hydrogen-bond acceptors (Lipinski definition) is 9. The Balaban J connectivity index is 1.41. The molecule has 1 aliphatic carbocycles. The smallest absolute Gasteiger partial charge is 0.410 e. The van der Waals surface area contributed by atoms with Crippen LogP contribution in [0.4, 0.5) is 4.79 Å². The van der Waals surface area contributed by atoms with E-state index in [-0.39, 0.29) is 19.3 Å². The van der Waals surface area contributed by atoms with E-state index in [0.29, 0.717) is 12.8 Å². The highest BCUT2D eigenvalue weighted by Gasteiger charge is 2.74. The summed E-state index contributed by atoms with van der Waals surface area (Å²) in [7, 11) is 1.50. The largest absolute Gasteiger partial charge is 0.445 e. The molecule has 4 fully saturated rings. The number of carbonyl (C=O) groups excluding carboxylic acids is 1. The van der Waals surface area contributed by atoms with Gasteiger partial charge in [0.15, 0.2) is 5.60 Å². The van der Waals surface area contributed by atoms with Crippen LogP contribution in [0.15, 0.2) is 30.3 Å². The van der Waals surface area contributed by atoms with Crippen LogP contribution >= 0.6 is 0 Å². The summed E-state index contributed by atoms with van der Waals surface area (Å²) >= 11 is 0. The third kappa shape index (κ3) is 3.72. The van der Waals surface area contributed by atoms with Crippen LogP contribution in [-0.4, -0.2) is 94.2 Å². The van der Waals surface area contributed by atoms with Gasteiger partial charge in [0.2, 0.25) is 6.29 Å². The fourth-order valence-electron chi connectivity index (χ4n) is 5.68. The van der Waals surface area contributed by atoms with Crippen molar-refractivity contribution in [2.75, 3.05) is 13.7 Å². The van der Waals surface area contributed by atoms with Crippen LogP contribution in [0.3, 0.4) is 0 Å². The molecule has 188 valence electrons. The zero-order valence-electron chi connectivity index (χ0n) is 19.6. The zero-order chi connectivity index (χ0) is 24.3. The number of rotatable bonds is 4. The highest BCUT2D eigenvalue weighted by molar-refractivity contribution is 5.68. The first-order chi connectivity index (χ1) is 16.2. The van der Waals surface area contributed by atoms with Gasteiger partial charge in [-0.15, -0.1) is 0 Å². The second-order valence-electron chi connectivity index (χ2n) is 9.84. The van der Waals surface area contributed by atoms with E-state index in [0.717, 1.165) is 5.56 Å². The maximum absolute atomic E-state index is 13.0. The fraction of sp³-hybridized carbons (Fsp3) is 0.708. The predicted molar refractivity (Wildman–Crippen MR) is 116 cm³/mol. The van der Waals surface area contributed by atoms with Gasteiger partial charge in [0.25, 0.3) is 5.79 Å². The summed E-state index contributed by atoms with van der Waals surface area (Å²) < 4.78 is 29.2. The van der Waals surface area contributed by atoms with Gasteiger partial charge in [-0.1, -0.05) is 37.3 Å². The standard InChI is InChI=1S/C24H33NO9/c1-4-15-17(26)16(25(3)22(28)30-11-14-8-6-5-7-9-14)19-20(18(15)27)33-21-24(29,34-19)23(12-31-23)10-13(2)32-21/h5-9,13,15-21,26-27,29H,4,10-12H2,1-3H3/t13-,15-,16+,17+,18+,19?,20?,21?,23-,24-/m1/s1. The van der Waals surface area contributed by atoms with Gasteiger partial charge in [-0.3, -0.25) is 0 Å². The van der Waals surface area contributed by atoms with E-state index < -0.39 is 60.1 Å². The summed E-state index contributed by atoms with van der Waals surface area (Å²) in [5.74, 6) is -2.52. The lowest BCUT2D eigenvalue weighted by Gasteiger charge is -2.58. The first-order valence-corrected chi connectivity index (χ1v) is 11.9. The third-order valence-corrected chi connectivity index (χ3v) is 7.67. The summed E-state index contributed by atoms with van der Waals surface area (Å²) in [6, 6.07) is 8.31. The molecule has 0 aromatic heterocycles. The fourth-order valence-corrected chi connectivity index (χ4v) is 5.68. The minimum atomic E-state index is -1.94. The number of ether oxygens (including phenoxy) is 5. The molecule has 1 amide bonds. The van der Waals surface area contributed by atoms with Crippen molar-refractivity contribution in [1.29, 1.82) is 0 Å². The summed E-state index contributed by atoms with van der Waals surface area (Å²) in [6.07, 6.45) is -5.43. The molecular weight excluding hydrogens is 446 g/mol.